The molecule has 2 amide bonds. The van der Waals surface area contributed by atoms with E-state index in [-0.39, 0.29) is 12.1 Å². The van der Waals surface area contributed by atoms with Crippen molar-refractivity contribution in [3.63, 3.8) is 0 Å². The first-order chi connectivity index (χ1) is 14.6. The van der Waals surface area contributed by atoms with Crippen molar-refractivity contribution in [2.75, 3.05) is 44.7 Å². The van der Waals surface area contributed by atoms with Crippen LogP contribution in [-0.4, -0.2) is 66.3 Å². The van der Waals surface area contributed by atoms with E-state index in [0.717, 1.165) is 61.3 Å². The Morgan fingerprint density at radius 3 is 2.80 bits per heavy atom. The molecule has 1 aromatic carbocycles. The third-order valence-electron chi connectivity index (χ3n) is 5.64. The molecule has 4 rings (SSSR count). The average molecular weight is 415 g/mol. The summed E-state index contributed by atoms with van der Waals surface area (Å²) in [5.41, 5.74) is 1.67. The number of piperazine rings is 1. The third kappa shape index (κ3) is 5.31. The monoisotopic (exact) mass is 414 g/mol. The number of aryl methyl sites for hydroxylation is 2. The molecular formula is C22H30N4O4. The number of ether oxygens (including phenoxy) is 2. The summed E-state index contributed by atoms with van der Waals surface area (Å²) in [5, 5.41) is 2.98. The summed E-state index contributed by atoms with van der Waals surface area (Å²) in [4.78, 5) is 21.2. The van der Waals surface area contributed by atoms with Gasteiger partial charge in [0.05, 0.1) is 18.3 Å². The van der Waals surface area contributed by atoms with Gasteiger partial charge in [0.2, 0.25) is 5.89 Å². The molecular weight excluding hydrogens is 384 g/mol. The van der Waals surface area contributed by atoms with E-state index in [0.29, 0.717) is 26.2 Å². The maximum atomic E-state index is 12.7. The zero-order chi connectivity index (χ0) is 20.9. The van der Waals surface area contributed by atoms with Crippen LogP contribution >= 0.6 is 0 Å². The van der Waals surface area contributed by atoms with Gasteiger partial charge < -0.3 is 24.1 Å². The molecule has 30 heavy (non-hydrogen) atoms. The van der Waals surface area contributed by atoms with E-state index in [4.69, 9.17) is 13.9 Å². The smallest absolute Gasteiger partial charge is 0.321 e. The van der Waals surface area contributed by atoms with Gasteiger partial charge in [0.15, 0.2) is 0 Å². The summed E-state index contributed by atoms with van der Waals surface area (Å²) >= 11 is 0. The van der Waals surface area contributed by atoms with Crippen molar-refractivity contribution in [3.05, 3.63) is 41.6 Å². The van der Waals surface area contributed by atoms with Crippen LogP contribution in [-0.2, 0) is 11.3 Å². The number of nitrogens with zero attached hydrogens (tertiary/aromatic N) is 3. The van der Waals surface area contributed by atoms with Crippen LogP contribution in [0.5, 0.6) is 5.75 Å². The van der Waals surface area contributed by atoms with Crippen LogP contribution in [0, 0.1) is 13.8 Å². The fraction of sp³-hybridized carbons (Fsp3) is 0.545. The summed E-state index contributed by atoms with van der Waals surface area (Å²) in [6.07, 6.45) is 2.30. The largest absolute Gasteiger partial charge is 0.491 e. The lowest BCUT2D eigenvalue weighted by atomic mass is 10.2. The van der Waals surface area contributed by atoms with Gasteiger partial charge >= 0.3 is 6.03 Å². The highest BCUT2D eigenvalue weighted by Crippen LogP contribution is 2.20. The van der Waals surface area contributed by atoms with Crippen molar-refractivity contribution in [1.29, 1.82) is 0 Å². The maximum absolute atomic E-state index is 12.7. The summed E-state index contributed by atoms with van der Waals surface area (Å²) < 4.78 is 17.1. The van der Waals surface area contributed by atoms with Crippen LogP contribution in [0.2, 0.25) is 0 Å². The van der Waals surface area contributed by atoms with Crippen molar-refractivity contribution in [2.24, 2.45) is 0 Å². The number of hydrogen-bond acceptors (Lipinski definition) is 6. The molecule has 162 valence electrons. The molecule has 1 aromatic heterocycles. The fourth-order valence-electron chi connectivity index (χ4n) is 3.74. The Balaban J connectivity index is 1.24. The van der Waals surface area contributed by atoms with Crippen LogP contribution < -0.4 is 10.1 Å². The van der Waals surface area contributed by atoms with Crippen molar-refractivity contribution in [2.45, 2.75) is 39.3 Å². The highest BCUT2D eigenvalue weighted by atomic mass is 16.5. The Bertz CT molecular complexity index is 835. The maximum Gasteiger partial charge on any atom is 0.321 e. The van der Waals surface area contributed by atoms with Gasteiger partial charge in [0.25, 0.3) is 0 Å². The molecule has 2 saturated heterocycles. The number of benzene rings is 1. The van der Waals surface area contributed by atoms with Gasteiger partial charge in [0, 0.05) is 44.5 Å². The number of carbonyl (C=O) groups is 1. The molecule has 2 aromatic rings. The number of aromatic nitrogens is 1. The highest BCUT2D eigenvalue weighted by Gasteiger charge is 2.23. The van der Waals surface area contributed by atoms with E-state index in [2.05, 4.69) is 15.2 Å². The number of amides is 2. The Morgan fingerprint density at radius 1 is 1.27 bits per heavy atom. The average Bonchev–Trinajstić information content (AvgIpc) is 3.37. The van der Waals surface area contributed by atoms with Crippen LogP contribution in [0.15, 0.2) is 28.7 Å². The quantitative estimate of drug-likeness (QED) is 0.782. The van der Waals surface area contributed by atoms with E-state index in [1.54, 1.807) is 0 Å². The molecule has 0 radical (unpaired) electrons. The zero-order valence-corrected chi connectivity index (χ0v) is 17.7. The van der Waals surface area contributed by atoms with Gasteiger partial charge in [-0.3, -0.25) is 4.90 Å². The van der Waals surface area contributed by atoms with Gasteiger partial charge in [-0.05, 0) is 38.8 Å². The van der Waals surface area contributed by atoms with E-state index in [1.165, 1.54) is 0 Å². The van der Waals surface area contributed by atoms with Crippen LogP contribution in [0.3, 0.4) is 0 Å². The molecule has 1 atom stereocenters. The van der Waals surface area contributed by atoms with E-state index < -0.39 is 0 Å². The Morgan fingerprint density at radius 2 is 2.10 bits per heavy atom. The number of urea groups is 1. The lowest BCUT2D eigenvalue weighted by molar-refractivity contribution is 0.0680. The normalized spacial score (nSPS) is 19.8. The number of nitrogens with one attached hydrogen (secondary N) is 1. The molecule has 0 bridgehead atoms. The van der Waals surface area contributed by atoms with Crippen molar-refractivity contribution < 1.29 is 18.7 Å². The SMILES string of the molecule is Cc1nc(CN2CCN(C(=O)Nc3cccc(OC[C@H]4CCCO4)c3)CC2)oc1C. The first-order valence-corrected chi connectivity index (χ1v) is 10.6. The van der Waals surface area contributed by atoms with Gasteiger partial charge in [-0.2, -0.15) is 0 Å². The predicted molar refractivity (Wildman–Crippen MR) is 113 cm³/mol. The topological polar surface area (TPSA) is 80.1 Å². The van der Waals surface area contributed by atoms with E-state index >= 15 is 0 Å². The molecule has 0 spiro atoms. The van der Waals surface area contributed by atoms with Gasteiger partial charge in [-0.15, -0.1) is 0 Å². The first-order valence-electron chi connectivity index (χ1n) is 10.6. The minimum atomic E-state index is -0.0891. The van der Waals surface area contributed by atoms with Gasteiger partial charge in [0.1, 0.15) is 18.1 Å². The standard InChI is InChI=1S/C22H30N4O4/c1-16-17(2)30-21(23-16)14-25-8-10-26(11-9-25)22(27)24-18-5-3-6-19(13-18)29-15-20-7-4-12-28-20/h3,5-6,13,20H,4,7-12,14-15H2,1-2H3,(H,24,27)/t20-/m1/s1. The number of rotatable bonds is 6. The predicted octanol–water partition coefficient (Wildman–Crippen LogP) is 3.20. The van der Waals surface area contributed by atoms with Crippen LogP contribution in [0.4, 0.5) is 10.5 Å². The zero-order valence-electron chi connectivity index (χ0n) is 17.7. The van der Waals surface area contributed by atoms with Crippen molar-refractivity contribution in [1.82, 2.24) is 14.8 Å². The van der Waals surface area contributed by atoms with E-state index in [9.17, 15) is 4.79 Å². The molecule has 8 heteroatoms. The molecule has 8 nitrogen and oxygen atoms in total. The minimum Gasteiger partial charge on any atom is -0.491 e. The number of hydrogen-bond donors (Lipinski definition) is 1. The van der Waals surface area contributed by atoms with Gasteiger partial charge in [-0.1, -0.05) is 6.07 Å². The summed E-state index contributed by atoms with van der Waals surface area (Å²) in [6.45, 7) is 8.83. The molecule has 0 unspecified atom stereocenters. The second-order valence-electron chi connectivity index (χ2n) is 7.92. The molecule has 0 aliphatic carbocycles. The van der Waals surface area contributed by atoms with Crippen LogP contribution in [0.25, 0.3) is 0 Å². The lowest BCUT2D eigenvalue weighted by Crippen LogP contribution is -2.49. The minimum absolute atomic E-state index is 0.0891. The second-order valence-corrected chi connectivity index (χ2v) is 7.92. The molecule has 0 saturated carbocycles. The Labute approximate surface area is 177 Å². The summed E-state index contributed by atoms with van der Waals surface area (Å²) in [5.74, 6) is 2.34. The van der Waals surface area contributed by atoms with Crippen molar-refractivity contribution in [3.8, 4) is 5.75 Å². The first kappa shape index (κ1) is 20.7. The fourth-order valence-corrected chi connectivity index (χ4v) is 3.74. The second kappa shape index (κ2) is 9.49. The Kier molecular flexibility index (Phi) is 6.54. The summed E-state index contributed by atoms with van der Waals surface area (Å²) in [7, 11) is 0. The van der Waals surface area contributed by atoms with Crippen molar-refractivity contribution >= 4 is 11.7 Å². The van der Waals surface area contributed by atoms with E-state index in [1.807, 2.05) is 43.0 Å². The Hall–Kier alpha value is -2.58. The molecule has 1 N–H and O–H groups in total. The molecule has 2 fully saturated rings. The molecule has 2 aliphatic rings. The number of anilines is 1. The molecule has 3 heterocycles. The lowest BCUT2D eigenvalue weighted by Gasteiger charge is -2.34. The highest BCUT2D eigenvalue weighted by molar-refractivity contribution is 5.89. The number of oxazole rings is 1. The molecule has 2 aliphatic heterocycles. The third-order valence-corrected chi connectivity index (χ3v) is 5.64. The number of carbonyl (C=O) groups excluding carboxylic acids is 1. The van der Waals surface area contributed by atoms with Gasteiger partial charge in [-0.25, -0.2) is 9.78 Å². The summed E-state index contributed by atoms with van der Waals surface area (Å²) in [6, 6.07) is 7.43. The van der Waals surface area contributed by atoms with Crippen LogP contribution in [0.1, 0.15) is 30.2 Å².